The highest BCUT2D eigenvalue weighted by atomic mass is 16.5. The van der Waals surface area contributed by atoms with Crippen LogP contribution in [0, 0.1) is 0 Å². The maximum Gasteiger partial charge on any atom is 0.278 e. The number of para-hydroxylation sites is 1. The molecule has 168 valence electrons. The average Bonchev–Trinajstić information content (AvgIpc) is 3.07. The third kappa shape index (κ3) is 4.60. The zero-order valence-corrected chi connectivity index (χ0v) is 19.0. The quantitative estimate of drug-likeness (QED) is 0.531. The number of nitrogens with zero attached hydrogens (tertiary/aromatic N) is 2. The van der Waals surface area contributed by atoms with Gasteiger partial charge in [-0.1, -0.05) is 48.5 Å². The fourth-order valence-corrected chi connectivity index (χ4v) is 3.87. The average molecular weight is 442 g/mol. The molecule has 0 saturated carbocycles. The molecule has 2 amide bonds. The van der Waals surface area contributed by atoms with Crippen molar-refractivity contribution < 1.29 is 14.3 Å². The predicted octanol–water partition coefficient (Wildman–Crippen LogP) is 4.20. The summed E-state index contributed by atoms with van der Waals surface area (Å²) >= 11 is 0. The van der Waals surface area contributed by atoms with Gasteiger partial charge >= 0.3 is 0 Å². The van der Waals surface area contributed by atoms with Crippen LogP contribution in [-0.4, -0.2) is 44.5 Å². The van der Waals surface area contributed by atoms with Gasteiger partial charge < -0.3 is 15.0 Å². The van der Waals surface area contributed by atoms with E-state index in [0.717, 1.165) is 16.9 Å². The first-order valence-electron chi connectivity index (χ1n) is 10.8. The number of carbonyl (C=O) groups excluding carboxylic acids is 2. The normalized spacial score (nSPS) is 13.5. The molecule has 1 aliphatic heterocycles. The molecule has 1 aliphatic rings. The highest BCUT2D eigenvalue weighted by molar-refractivity contribution is 6.37. The molecule has 0 radical (unpaired) electrons. The lowest BCUT2D eigenvalue weighted by Gasteiger charge is -2.16. The molecule has 0 atom stereocenters. The Balaban J connectivity index is 1.69. The minimum atomic E-state index is -0.339. The van der Waals surface area contributed by atoms with Gasteiger partial charge in [0.15, 0.2) is 0 Å². The molecule has 1 heterocycles. The van der Waals surface area contributed by atoms with E-state index < -0.39 is 0 Å². The minimum Gasteiger partial charge on any atom is -0.496 e. The summed E-state index contributed by atoms with van der Waals surface area (Å²) in [7, 11) is 5.49. The fraction of sp³-hybridized carbons (Fsp3) is 0.185. The van der Waals surface area contributed by atoms with Crippen LogP contribution in [0.2, 0.25) is 0 Å². The topological polar surface area (TPSA) is 61.9 Å². The summed E-state index contributed by atoms with van der Waals surface area (Å²) in [4.78, 5) is 30.2. The van der Waals surface area contributed by atoms with Crippen molar-refractivity contribution in [3.05, 3.63) is 95.7 Å². The number of imide groups is 1. The summed E-state index contributed by atoms with van der Waals surface area (Å²) in [5.74, 6) is -0.123. The Hall–Kier alpha value is -4.06. The van der Waals surface area contributed by atoms with Crippen molar-refractivity contribution in [2.75, 3.05) is 38.0 Å². The molecule has 3 aromatic rings. The number of hydrogen-bond donors (Lipinski definition) is 1. The summed E-state index contributed by atoms with van der Waals surface area (Å²) < 4.78 is 5.50. The smallest absolute Gasteiger partial charge is 0.278 e. The predicted molar refractivity (Wildman–Crippen MR) is 131 cm³/mol. The number of benzene rings is 3. The summed E-state index contributed by atoms with van der Waals surface area (Å²) in [6, 6.07) is 24.8. The van der Waals surface area contributed by atoms with Gasteiger partial charge in [-0.3, -0.25) is 14.5 Å². The van der Waals surface area contributed by atoms with Gasteiger partial charge in [-0.2, -0.15) is 0 Å². The molecule has 4 rings (SSSR count). The van der Waals surface area contributed by atoms with Gasteiger partial charge in [0.2, 0.25) is 0 Å². The molecule has 0 saturated heterocycles. The maximum absolute atomic E-state index is 13.5. The number of amides is 2. The molecule has 0 fully saturated rings. The number of methoxy groups -OCH3 is 1. The molecule has 0 bridgehead atoms. The van der Waals surface area contributed by atoms with Crippen LogP contribution in [0.5, 0.6) is 5.75 Å². The number of ether oxygens (including phenoxy) is 1. The lowest BCUT2D eigenvalue weighted by atomic mass is 10.0. The van der Waals surface area contributed by atoms with E-state index >= 15 is 0 Å². The van der Waals surface area contributed by atoms with E-state index in [1.807, 2.05) is 85.7 Å². The molecule has 0 aliphatic carbocycles. The number of nitrogens with one attached hydrogen (secondary N) is 1. The van der Waals surface area contributed by atoms with Crippen molar-refractivity contribution in [3.63, 3.8) is 0 Å². The third-order valence-corrected chi connectivity index (χ3v) is 5.66. The molecule has 0 spiro atoms. The van der Waals surface area contributed by atoms with E-state index in [1.54, 1.807) is 19.2 Å². The fourth-order valence-electron chi connectivity index (χ4n) is 3.87. The lowest BCUT2D eigenvalue weighted by Crippen LogP contribution is -2.34. The lowest BCUT2D eigenvalue weighted by molar-refractivity contribution is -0.136. The number of hydrogen-bond acceptors (Lipinski definition) is 5. The molecular weight excluding hydrogens is 414 g/mol. The molecule has 6 heteroatoms. The van der Waals surface area contributed by atoms with Crippen molar-refractivity contribution in [1.29, 1.82) is 0 Å². The largest absolute Gasteiger partial charge is 0.496 e. The highest BCUT2D eigenvalue weighted by Crippen LogP contribution is 2.35. The molecule has 33 heavy (non-hydrogen) atoms. The Labute approximate surface area is 194 Å². The summed E-state index contributed by atoms with van der Waals surface area (Å²) in [6.07, 6.45) is 0.586. The van der Waals surface area contributed by atoms with Crippen molar-refractivity contribution in [1.82, 2.24) is 4.90 Å². The zero-order valence-electron chi connectivity index (χ0n) is 19.0. The number of rotatable bonds is 8. The van der Waals surface area contributed by atoms with Gasteiger partial charge in [0.05, 0.1) is 12.7 Å². The van der Waals surface area contributed by atoms with Crippen molar-refractivity contribution in [2.45, 2.75) is 6.42 Å². The summed E-state index contributed by atoms with van der Waals surface area (Å²) in [6.45, 7) is 0.297. The Kier molecular flexibility index (Phi) is 6.45. The van der Waals surface area contributed by atoms with E-state index in [-0.39, 0.29) is 17.5 Å². The first-order chi connectivity index (χ1) is 16.0. The Morgan fingerprint density at radius 2 is 1.52 bits per heavy atom. The molecular formula is C27H27N3O3. The van der Waals surface area contributed by atoms with Crippen molar-refractivity contribution in [2.24, 2.45) is 0 Å². The Morgan fingerprint density at radius 1 is 0.848 bits per heavy atom. The summed E-state index contributed by atoms with van der Waals surface area (Å²) in [5.41, 5.74) is 4.01. The van der Waals surface area contributed by atoms with E-state index in [2.05, 4.69) is 5.32 Å². The van der Waals surface area contributed by atoms with E-state index in [4.69, 9.17) is 4.74 Å². The van der Waals surface area contributed by atoms with Crippen molar-refractivity contribution in [3.8, 4) is 5.75 Å². The second-order valence-corrected chi connectivity index (χ2v) is 8.01. The molecule has 0 unspecified atom stereocenters. The van der Waals surface area contributed by atoms with Gasteiger partial charge in [0, 0.05) is 37.6 Å². The monoisotopic (exact) mass is 441 g/mol. The SMILES string of the molecule is COc1ccccc1C1=C(Nc2ccc(N(C)C)cc2)C(=O)N(CCc2ccccc2)C1=O. The van der Waals surface area contributed by atoms with Crippen LogP contribution in [0.3, 0.4) is 0 Å². The van der Waals surface area contributed by atoms with E-state index in [9.17, 15) is 9.59 Å². The van der Waals surface area contributed by atoms with Crippen LogP contribution in [-0.2, 0) is 16.0 Å². The second kappa shape index (κ2) is 9.61. The standard InChI is InChI=1S/C27H27N3O3/c1-29(2)21-15-13-20(14-16-21)28-25-24(22-11-7-8-12-23(22)33-3)26(31)30(27(25)32)18-17-19-9-5-4-6-10-19/h4-16,28H,17-18H2,1-3H3. The Morgan fingerprint density at radius 3 is 2.18 bits per heavy atom. The van der Waals surface area contributed by atoms with Gasteiger partial charge in [0.25, 0.3) is 11.8 Å². The van der Waals surface area contributed by atoms with Crippen LogP contribution >= 0.6 is 0 Å². The third-order valence-electron chi connectivity index (χ3n) is 5.66. The minimum absolute atomic E-state index is 0.259. The molecule has 0 aromatic heterocycles. The molecule has 3 aromatic carbocycles. The van der Waals surface area contributed by atoms with Gasteiger partial charge in [0.1, 0.15) is 11.4 Å². The van der Waals surface area contributed by atoms with Gasteiger partial charge in [-0.25, -0.2) is 0 Å². The van der Waals surface area contributed by atoms with Crippen molar-refractivity contribution >= 4 is 28.8 Å². The number of anilines is 2. The van der Waals surface area contributed by atoms with E-state index in [1.165, 1.54) is 4.90 Å². The summed E-state index contributed by atoms with van der Waals surface area (Å²) in [5, 5.41) is 3.21. The number of carbonyl (C=O) groups is 2. The second-order valence-electron chi connectivity index (χ2n) is 8.01. The van der Waals surface area contributed by atoms with Crippen LogP contribution in [0.25, 0.3) is 5.57 Å². The van der Waals surface area contributed by atoms with E-state index in [0.29, 0.717) is 29.9 Å². The van der Waals surface area contributed by atoms with Crippen LogP contribution in [0.15, 0.2) is 84.6 Å². The van der Waals surface area contributed by atoms with Crippen LogP contribution in [0.4, 0.5) is 11.4 Å². The zero-order chi connectivity index (χ0) is 23.4. The Bertz CT molecular complexity index is 1180. The molecule has 1 N–H and O–H groups in total. The highest BCUT2D eigenvalue weighted by Gasteiger charge is 2.40. The molecule has 6 nitrogen and oxygen atoms in total. The maximum atomic E-state index is 13.5. The van der Waals surface area contributed by atoms with Gasteiger partial charge in [-0.15, -0.1) is 0 Å². The first-order valence-corrected chi connectivity index (χ1v) is 10.8. The van der Waals surface area contributed by atoms with Crippen LogP contribution < -0.4 is 15.0 Å². The van der Waals surface area contributed by atoms with Gasteiger partial charge in [-0.05, 0) is 42.3 Å². The van der Waals surface area contributed by atoms with Crippen LogP contribution in [0.1, 0.15) is 11.1 Å². The first kappa shape index (κ1) is 22.1.